The fourth-order valence-electron chi connectivity index (χ4n) is 4.70. The van der Waals surface area contributed by atoms with Crippen LogP contribution in [0.25, 0.3) is 34.1 Å². The monoisotopic (exact) mass is 502 g/mol. The van der Waals surface area contributed by atoms with Crippen molar-refractivity contribution in [1.82, 2.24) is 19.1 Å². The molecule has 9 heteroatoms. The molecule has 0 saturated carbocycles. The Morgan fingerprint density at radius 2 is 1.83 bits per heavy atom. The largest absolute Gasteiger partial charge is 0.453 e. The van der Waals surface area contributed by atoms with Crippen molar-refractivity contribution in [3.63, 3.8) is 0 Å². The summed E-state index contributed by atoms with van der Waals surface area (Å²) >= 11 is 6.17. The molecule has 0 aliphatic carbocycles. The number of benzene rings is 2. The van der Waals surface area contributed by atoms with Crippen molar-refractivity contribution in [3.05, 3.63) is 98.2 Å². The van der Waals surface area contributed by atoms with E-state index in [9.17, 15) is 9.59 Å². The quantitative estimate of drug-likeness (QED) is 0.363. The number of furan rings is 1. The summed E-state index contributed by atoms with van der Waals surface area (Å²) in [6, 6.07) is 20.6. The van der Waals surface area contributed by atoms with E-state index in [0.717, 1.165) is 24.0 Å². The SMILES string of the molecule is O=c1[nH]c(=O)n(Cc2ccccc2)c2nc(-c3ccc(-c4cccc(Cl)c4)o3)n(C[C@H]3CCCO3)c12. The minimum Gasteiger partial charge on any atom is -0.453 e. The van der Waals surface area contributed by atoms with Gasteiger partial charge in [-0.3, -0.25) is 14.3 Å². The van der Waals surface area contributed by atoms with Crippen molar-refractivity contribution >= 4 is 22.8 Å². The Morgan fingerprint density at radius 3 is 2.61 bits per heavy atom. The van der Waals surface area contributed by atoms with Gasteiger partial charge in [0.05, 0.1) is 19.2 Å². The maximum atomic E-state index is 13.1. The van der Waals surface area contributed by atoms with Crippen LogP contribution in [-0.2, 0) is 17.8 Å². The molecule has 8 nitrogen and oxygen atoms in total. The lowest BCUT2D eigenvalue weighted by molar-refractivity contribution is 0.0981. The van der Waals surface area contributed by atoms with Crippen molar-refractivity contribution < 1.29 is 9.15 Å². The molecule has 1 aliphatic heterocycles. The predicted octanol–water partition coefficient (Wildman–Crippen LogP) is 4.69. The average Bonchev–Trinajstić information content (AvgIpc) is 3.63. The molecule has 0 bridgehead atoms. The minimum atomic E-state index is -0.510. The number of nitrogens with zero attached hydrogens (tertiary/aromatic N) is 3. The van der Waals surface area contributed by atoms with Crippen LogP contribution in [0.5, 0.6) is 0 Å². The molecular formula is C27H23ClN4O4. The summed E-state index contributed by atoms with van der Waals surface area (Å²) in [7, 11) is 0. The minimum absolute atomic E-state index is 0.0579. The molecule has 182 valence electrons. The number of aromatic amines is 1. The third-order valence-corrected chi connectivity index (χ3v) is 6.65. The van der Waals surface area contributed by atoms with Crippen molar-refractivity contribution in [3.8, 4) is 22.9 Å². The van der Waals surface area contributed by atoms with Crippen molar-refractivity contribution in [2.75, 3.05) is 6.61 Å². The Hall–Kier alpha value is -3.88. The molecule has 5 aromatic rings. The summed E-state index contributed by atoms with van der Waals surface area (Å²) in [6.07, 6.45) is 1.78. The van der Waals surface area contributed by atoms with E-state index in [2.05, 4.69) is 4.98 Å². The Balaban J connectivity index is 1.53. The zero-order chi connectivity index (χ0) is 24.6. The van der Waals surface area contributed by atoms with E-state index in [-0.39, 0.29) is 12.6 Å². The van der Waals surface area contributed by atoms with Gasteiger partial charge >= 0.3 is 5.69 Å². The smallest absolute Gasteiger partial charge is 0.330 e. The van der Waals surface area contributed by atoms with Crippen LogP contribution in [0.15, 0.2) is 80.7 Å². The first-order valence-corrected chi connectivity index (χ1v) is 12.2. The van der Waals surface area contributed by atoms with E-state index in [0.29, 0.717) is 46.7 Å². The first-order valence-electron chi connectivity index (χ1n) is 11.8. The standard InChI is InChI=1S/C27H23ClN4O4/c28-19-9-4-8-18(14-19)21-11-12-22(36-21)24-29-25-23(31(24)16-20-10-5-13-35-20)26(33)30-27(34)32(25)15-17-6-2-1-3-7-17/h1-4,6-9,11-12,14,20H,5,10,13,15-16H2,(H,30,33,34)/t20-/m1/s1. The third kappa shape index (κ3) is 4.19. The Kier molecular flexibility index (Phi) is 5.83. The molecule has 0 radical (unpaired) electrons. The van der Waals surface area contributed by atoms with Crippen LogP contribution in [0, 0.1) is 0 Å². The van der Waals surface area contributed by atoms with Crippen LogP contribution in [0.2, 0.25) is 5.02 Å². The Labute approximate surface area is 210 Å². The zero-order valence-corrected chi connectivity index (χ0v) is 20.1. The molecule has 0 amide bonds. The fraction of sp³-hybridized carbons (Fsp3) is 0.222. The number of fused-ring (bicyclic) bond motifs is 1. The Bertz CT molecular complexity index is 1660. The summed E-state index contributed by atoms with van der Waals surface area (Å²) in [6.45, 7) is 1.38. The molecule has 6 rings (SSSR count). The lowest BCUT2D eigenvalue weighted by Crippen LogP contribution is -2.32. The number of halogens is 1. The molecular weight excluding hydrogens is 480 g/mol. The van der Waals surface area contributed by atoms with Crippen LogP contribution in [0.4, 0.5) is 0 Å². The van der Waals surface area contributed by atoms with E-state index in [1.807, 2.05) is 65.2 Å². The normalized spacial score (nSPS) is 15.6. The van der Waals surface area contributed by atoms with E-state index in [1.165, 1.54) is 4.57 Å². The lowest BCUT2D eigenvalue weighted by atomic mass is 10.2. The second-order valence-corrected chi connectivity index (χ2v) is 9.29. The second kappa shape index (κ2) is 9.29. The zero-order valence-electron chi connectivity index (χ0n) is 19.3. The van der Waals surface area contributed by atoms with Gasteiger partial charge in [-0.05, 0) is 42.7 Å². The fourth-order valence-corrected chi connectivity index (χ4v) is 4.89. The van der Waals surface area contributed by atoms with Gasteiger partial charge in [0.1, 0.15) is 5.76 Å². The van der Waals surface area contributed by atoms with Gasteiger partial charge in [0.2, 0.25) is 0 Å². The molecule has 1 atom stereocenters. The number of aromatic nitrogens is 4. The van der Waals surface area contributed by atoms with Crippen LogP contribution < -0.4 is 11.2 Å². The summed E-state index contributed by atoms with van der Waals surface area (Å²) in [5.41, 5.74) is 1.37. The van der Waals surface area contributed by atoms with Gasteiger partial charge in [0, 0.05) is 17.2 Å². The average molecular weight is 503 g/mol. The molecule has 0 spiro atoms. The van der Waals surface area contributed by atoms with Gasteiger partial charge in [-0.15, -0.1) is 0 Å². The van der Waals surface area contributed by atoms with Crippen LogP contribution >= 0.6 is 11.6 Å². The second-order valence-electron chi connectivity index (χ2n) is 8.86. The molecule has 1 fully saturated rings. The van der Waals surface area contributed by atoms with Crippen LogP contribution in [0.1, 0.15) is 18.4 Å². The number of rotatable bonds is 6. The van der Waals surface area contributed by atoms with Gasteiger partial charge in [-0.25, -0.2) is 9.78 Å². The molecule has 1 saturated heterocycles. The van der Waals surface area contributed by atoms with E-state index in [1.54, 1.807) is 6.07 Å². The Morgan fingerprint density at radius 1 is 1.00 bits per heavy atom. The maximum Gasteiger partial charge on any atom is 0.330 e. The summed E-state index contributed by atoms with van der Waals surface area (Å²) in [4.78, 5) is 33.2. The molecule has 0 unspecified atom stereocenters. The summed E-state index contributed by atoms with van der Waals surface area (Å²) < 4.78 is 15.4. The number of ether oxygens (including phenoxy) is 1. The maximum absolute atomic E-state index is 13.1. The number of hydrogen-bond donors (Lipinski definition) is 1. The molecule has 36 heavy (non-hydrogen) atoms. The lowest BCUT2D eigenvalue weighted by Gasteiger charge is -2.13. The number of nitrogens with one attached hydrogen (secondary N) is 1. The van der Waals surface area contributed by atoms with Crippen molar-refractivity contribution in [2.24, 2.45) is 0 Å². The molecule has 4 heterocycles. The first kappa shape index (κ1) is 22.6. The molecule has 2 aromatic carbocycles. The van der Waals surface area contributed by atoms with Gasteiger partial charge in [0.25, 0.3) is 5.56 Å². The van der Waals surface area contributed by atoms with Crippen molar-refractivity contribution in [1.29, 1.82) is 0 Å². The number of H-pyrrole nitrogens is 1. The van der Waals surface area contributed by atoms with Crippen LogP contribution in [-0.4, -0.2) is 31.8 Å². The van der Waals surface area contributed by atoms with Gasteiger partial charge in [-0.2, -0.15) is 0 Å². The molecule has 1 aliphatic rings. The predicted molar refractivity (Wildman–Crippen MR) is 137 cm³/mol. The number of imidazole rings is 1. The molecule has 1 N–H and O–H groups in total. The highest BCUT2D eigenvalue weighted by molar-refractivity contribution is 6.30. The number of hydrogen-bond acceptors (Lipinski definition) is 5. The van der Waals surface area contributed by atoms with Crippen LogP contribution in [0.3, 0.4) is 0 Å². The van der Waals surface area contributed by atoms with E-state index >= 15 is 0 Å². The van der Waals surface area contributed by atoms with E-state index in [4.69, 9.17) is 25.7 Å². The highest BCUT2D eigenvalue weighted by Crippen LogP contribution is 2.31. The highest BCUT2D eigenvalue weighted by atomic mass is 35.5. The first-order chi connectivity index (χ1) is 17.6. The van der Waals surface area contributed by atoms with Gasteiger partial charge in [-0.1, -0.05) is 54.1 Å². The van der Waals surface area contributed by atoms with E-state index < -0.39 is 11.2 Å². The third-order valence-electron chi connectivity index (χ3n) is 6.41. The van der Waals surface area contributed by atoms with Gasteiger partial charge < -0.3 is 13.7 Å². The summed E-state index contributed by atoms with van der Waals surface area (Å²) in [5, 5.41) is 0.604. The van der Waals surface area contributed by atoms with Crippen molar-refractivity contribution in [2.45, 2.75) is 32.0 Å². The highest BCUT2D eigenvalue weighted by Gasteiger charge is 2.25. The van der Waals surface area contributed by atoms with Gasteiger partial charge in [0.15, 0.2) is 22.7 Å². The molecule has 3 aromatic heterocycles. The summed E-state index contributed by atoms with van der Waals surface area (Å²) in [5.74, 6) is 1.57. The topological polar surface area (TPSA) is 95.0 Å².